The Morgan fingerprint density at radius 2 is 2.08 bits per heavy atom. The number of amides is 1. The summed E-state index contributed by atoms with van der Waals surface area (Å²) in [6, 6.07) is 9.33. The highest BCUT2D eigenvalue weighted by Crippen LogP contribution is 2.34. The molecule has 6 heteroatoms. The Morgan fingerprint density at radius 1 is 1.27 bits per heavy atom. The van der Waals surface area contributed by atoms with Crippen molar-refractivity contribution >= 4 is 34.1 Å². The Labute approximate surface area is 155 Å². The number of fused-ring (bicyclic) bond motifs is 2. The second kappa shape index (κ2) is 6.61. The molecule has 0 saturated carbocycles. The van der Waals surface area contributed by atoms with Crippen molar-refractivity contribution in [2.75, 3.05) is 13.7 Å². The van der Waals surface area contributed by atoms with E-state index in [2.05, 4.69) is 0 Å². The molecule has 0 fully saturated rings. The van der Waals surface area contributed by atoms with Crippen LogP contribution in [0.3, 0.4) is 0 Å². The maximum atomic E-state index is 13.1. The molecule has 1 atom stereocenters. The van der Waals surface area contributed by atoms with E-state index in [1.54, 1.807) is 16.2 Å². The van der Waals surface area contributed by atoms with Crippen molar-refractivity contribution in [2.45, 2.75) is 18.9 Å². The van der Waals surface area contributed by atoms with Gasteiger partial charge >= 0.3 is 5.97 Å². The van der Waals surface area contributed by atoms with Crippen molar-refractivity contribution in [1.82, 2.24) is 9.47 Å². The summed E-state index contributed by atoms with van der Waals surface area (Å²) in [5.74, 6) is -0.427. The number of aryl methyl sites for hydroxylation is 1. The van der Waals surface area contributed by atoms with Gasteiger partial charge in [0, 0.05) is 35.6 Å². The van der Waals surface area contributed by atoms with E-state index in [0.29, 0.717) is 6.54 Å². The highest BCUT2D eigenvalue weighted by atomic mass is 32.1. The van der Waals surface area contributed by atoms with Crippen molar-refractivity contribution in [3.63, 3.8) is 0 Å². The van der Waals surface area contributed by atoms with Crippen LogP contribution in [0.15, 0.2) is 41.9 Å². The van der Waals surface area contributed by atoms with Crippen LogP contribution in [0.5, 0.6) is 0 Å². The van der Waals surface area contributed by atoms with E-state index in [1.165, 1.54) is 7.11 Å². The Kier molecular flexibility index (Phi) is 4.28. The van der Waals surface area contributed by atoms with Crippen molar-refractivity contribution in [1.29, 1.82) is 0 Å². The minimum absolute atomic E-state index is 0.0476. The van der Waals surface area contributed by atoms with Gasteiger partial charge in [0.1, 0.15) is 0 Å². The lowest BCUT2D eigenvalue weighted by Gasteiger charge is -2.34. The summed E-state index contributed by atoms with van der Waals surface area (Å²) in [5, 5.41) is 3.05. The quantitative estimate of drug-likeness (QED) is 0.668. The Hall–Kier alpha value is -2.60. The molecule has 3 heterocycles. The monoisotopic (exact) mass is 368 g/mol. The van der Waals surface area contributed by atoms with Crippen LogP contribution in [0.4, 0.5) is 0 Å². The summed E-state index contributed by atoms with van der Waals surface area (Å²) in [4.78, 5) is 28.3. The van der Waals surface area contributed by atoms with Crippen LogP contribution in [0, 0.1) is 0 Å². The minimum Gasteiger partial charge on any atom is -0.467 e. The molecule has 0 N–H and O–H groups in total. The van der Waals surface area contributed by atoms with Gasteiger partial charge in [-0.15, -0.1) is 11.3 Å². The highest BCUT2D eigenvalue weighted by molar-refractivity contribution is 7.10. The Balaban J connectivity index is 1.65. The van der Waals surface area contributed by atoms with E-state index in [9.17, 15) is 9.59 Å². The molecule has 0 saturated heterocycles. The number of esters is 1. The highest BCUT2D eigenvalue weighted by Gasteiger charge is 2.37. The summed E-state index contributed by atoms with van der Waals surface area (Å²) >= 11 is 1.63. The normalized spacial score (nSPS) is 16.5. The van der Waals surface area contributed by atoms with Crippen LogP contribution in [-0.4, -0.2) is 35.0 Å². The molecule has 0 radical (unpaired) electrons. The average molecular weight is 368 g/mol. The van der Waals surface area contributed by atoms with Gasteiger partial charge in [-0.3, -0.25) is 4.79 Å². The molecule has 3 aromatic rings. The molecule has 1 aliphatic heterocycles. The summed E-state index contributed by atoms with van der Waals surface area (Å²) < 4.78 is 7.02. The number of thiophene rings is 1. The zero-order chi connectivity index (χ0) is 18.3. The van der Waals surface area contributed by atoms with Crippen molar-refractivity contribution in [3.05, 3.63) is 57.9 Å². The van der Waals surface area contributed by atoms with Crippen LogP contribution in [0.2, 0.25) is 0 Å². The topological polar surface area (TPSA) is 51.5 Å². The Morgan fingerprint density at radius 3 is 2.88 bits per heavy atom. The molecular weight excluding hydrogens is 348 g/mol. The number of para-hydroxylation sites is 1. The lowest BCUT2D eigenvalue weighted by atomic mass is 9.98. The number of aromatic nitrogens is 1. The fraction of sp³-hybridized carbons (Fsp3) is 0.300. The number of benzene rings is 1. The molecule has 5 nitrogen and oxygen atoms in total. The lowest BCUT2D eigenvalue weighted by Crippen LogP contribution is -2.44. The predicted molar refractivity (Wildman–Crippen MR) is 101 cm³/mol. The molecule has 0 bridgehead atoms. The van der Waals surface area contributed by atoms with Gasteiger partial charge in [-0.05, 0) is 35.1 Å². The molecule has 1 aliphatic rings. The molecule has 4 rings (SSSR count). The smallest absolute Gasteiger partial charge is 0.333 e. The summed E-state index contributed by atoms with van der Waals surface area (Å²) in [6.07, 6.45) is 3.05. The average Bonchev–Trinajstić information content (AvgIpc) is 3.25. The number of carbonyl (C=O) groups is 2. The second-order valence-corrected chi connectivity index (χ2v) is 7.52. The van der Waals surface area contributed by atoms with Crippen molar-refractivity contribution in [3.8, 4) is 0 Å². The van der Waals surface area contributed by atoms with Crippen LogP contribution < -0.4 is 0 Å². The SMILES string of the molecule is COC(=O)C1c2ccsc2CCN1C(=O)Cc1cn(C)c2ccccc12. The van der Waals surface area contributed by atoms with Crippen LogP contribution >= 0.6 is 11.3 Å². The van der Waals surface area contributed by atoms with E-state index in [-0.39, 0.29) is 18.3 Å². The van der Waals surface area contributed by atoms with E-state index in [4.69, 9.17) is 4.74 Å². The number of hydrogen-bond acceptors (Lipinski definition) is 4. The molecule has 134 valence electrons. The van der Waals surface area contributed by atoms with Crippen molar-refractivity contribution in [2.24, 2.45) is 7.05 Å². The molecule has 26 heavy (non-hydrogen) atoms. The summed E-state index contributed by atoms with van der Waals surface area (Å²) in [5.41, 5.74) is 2.98. The van der Waals surface area contributed by atoms with Crippen LogP contribution in [-0.2, 0) is 34.2 Å². The fourth-order valence-electron chi connectivity index (χ4n) is 3.78. The first kappa shape index (κ1) is 16.8. The number of methoxy groups -OCH3 is 1. The Bertz CT molecular complexity index is 988. The van der Waals surface area contributed by atoms with E-state index >= 15 is 0 Å². The summed E-state index contributed by atoms with van der Waals surface area (Å²) in [7, 11) is 3.35. The van der Waals surface area contributed by atoms with Gasteiger partial charge in [-0.25, -0.2) is 4.79 Å². The molecule has 0 aliphatic carbocycles. The molecule has 1 amide bonds. The number of hydrogen-bond donors (Lipinski definition) is 0. The minimum atomic E-state index is -0.641. The zero-order valence-corrected chi connectivity index (χ0v) is 15.6. The van der Waals surface area contributed by atoms with Gasteiger partial charge in [-0.1, -0.05) is 18.2 Å². The third kappa shape index (κ3) is 2.70. The fourth-order valence-corrected chi connectivity index (χ4v) is 4.69. The van der Waals surface area contributed by atoms with Gasteiger partial charge in [-0.2, -0.15) is 0 Å². The zero-order valence-electron chi connectivity index (χ0n) is 14.8. The maximum Gasteiger partial charge on any atom is 0.333 e. The van der Waals surface area contributed by atoms with Gasteiger partial charge < -0.3 is 14.2 Å². The van der Waals surface area contributed by atoms with E-state index in [1.807, 2.05) is 53.5 Å². The number of nitrogens with zero attached hydrogens (tertiary/aromatic N) is 2. The number of carbonyl (C=O) groups excluding carboxylic acids is 2. The van der Waals surface area contributed by atoms with Gasteiger partial charge in [0.05, 0.1) is 13.5 Å². The molecular formula is C20H20N2O3S. The van der Waals surface area contributed by atoms with E-state index < -0.39 is 6.04 Å². The lowest BCUT2D eigenvalue weighted by molar-refractivity contribution is -0.153. The summed E-state index contributed by atoms with van der Waals surface area (Å²) in [6.45, 7) is 0.539. The van der Waals surface area contributed by atoms with Crippen molar-refractivity contribution < 1.29 is 14.3 Å². The number of rotatable bonds is 3. The molecule has 1 unspecified atom stereocenters. The number of ether oxygens (including phenoxy) is 1. The largest absolute Gasteiger partial charge is 0.467 e. The third-order valence-corrected chi connectivity index (χ3v) is 6.03. The second-order valence-electron chi connectivity index (χ2n) is 6.52. The molecule has 2 aromatic heterocycles. The van der Waals surface area contributed by atoms with Gasteiger partial charge in [0.15, 0.2) is 6.04 Å². The predicted octanol–water partition coefficient (Wildman–Crippen LogP) is 3.08. The molecule has 0 spiro atoms. The maximum absolute atomic E-state index is 13.1. The van der Waals surface area contributed by atoms with Crippen LogP contribution in [0.25, 0.3) is 10.9 Å². The first-order valence-corrected chi connectivity index (χ1v) is 9.44. The van der Waals surface area contributed by atoms with Crippen LogP contribution in [0.1, 0.15) is 22.0 Å². The third-order valence-electron chi connectivity index (χ3n) is 5.03. The first-order valence-electron chi connectivity index (χ1n) is 8.56. The van der Waals surface area contributed by atoms with E-state index in [0.717, 1.165) is 33.3 Å². The standard InChI is InChI=1S/C20H20N2O3S/c1-21-12-13(14-5-3-4-6-16(14)21)11-18(23)22-9-7-17-15(8-10-26-17)19(22)20(24)25-2/h3-6,8,10,12,19H,7,9,11H2,1-2H3. The van der Waals surface area contributed by atoms with Gasteiger partial charge in [0.25, 0.3) is 0 Å². The molecule has 1 aromatic carbocycles. The van der Waals surface area contributed by atoms with Gasteiger partial charge in [0.2, 0.25) is 5.91 Å². The first-order chi connectivity index (χ1) is 12.6.